The highest BCUT2D eigenvalue weighted by Gasteiger charge is 2.26. The van der Waals surface area contributed by atoms with Crippen molar-refractivity contribution in [3.05, 3.63) is 12.2 Å². The number of amides is 2. The maximum Gasteiger partial charge on any atom is 0.306 e. The van der Waals surface area contributed by atoms with E-state index < -0.39 is 0 Å². The van der Waals surface area contributed by atoms with Crippen molar-refractivity contribution in [1.82, 2.24) is 24.5 Å². The largest absolute Gasteiger partial charge is 0.461 e. The van der Waals surface area contributed by atoms with E-state index in [1.165, 1.54) is 238 Å². The van der Waals surface area contributed by atoms with Crippen LogP contribution in [0.5, 0.6) is 0 Å². The highest BCUT2D eigenvalue weighted by Crippen LogP contribution is 2.16. The summed E-state index contributed by atoms with van der Waals surface area (Å²) in [5.41, 5.74) is 0. The summed E-state index contributed by atoms with van der Waals surface area (Å²) in [5.74, 6) is 0.325. The molecule has 1 fully saturated rings. The number of hydrogen-bond donors (Lipinski definition) is 0. The van der Waals surface area contributed by atoms with Crippen molar-refractivity contribution < 1.29 is 19.1 Å². The number of unbranched alkanes of at least 4 members (excludes halogenated alkanes) is 35. The van der Waals surface area contributed by atoms with Crippen molar-refractivity contribution in [2.24, 2.45) is 0 Å². The lowest BCUT2D eigenvalue weighted by Crippen LogP contribution is -2.54. The first-order chi connectivity index (χ1) is 36.9. The third-order valence-electron chi connectivity index (χ3n) is 16.1. The molecular formula is C66H129N5O4. The maximum absolute atomic E-state index is 14.1. The molecule has 442 valence electrons. The summed E-state index contributed by atoms with van der Waals surface area (Å²) < 4.78 is 5.43. The second-order valence-corrected chi connectivity index (χ2v) is 23.2. The number of esters is 1. The number of rotatable bonds is 57. The van der Waals surface area contributed by atoms with Crippen LogP contribution in [-0.4, -0.2) is 134 Å². The van der Waals surface area contributed by atoms with Crippen molar-refractivity contribution in [2.45, 2.75) is 304 Å². The fraction of sp³-hybridized carbons (Fsp3) is 0.924. The molecule has 1 aliphatic heterocycles. The standard InChI is InChI=1S/C66H129N5O4/c1-6-11-16-21-25-26-27-28-29-30-31-35-39-45-52-68(53-47-41-42-49-66(74)75-61-48-40-20-15-10-5)62-64(72)70-57-59-71(60-58-70)65(73)63-69(54-46-38-34-24-19-14-9-4)56-55-67(50-43-36-32-22-17-12-7-2)51-44-37-33-23-18-13-8-3/h40,48H,6-39,41-47,49-63H2,1-5H3/b48-40-. The van der Waals surface area contributed by atoms with Crippen LogP contribution in [0.2, 0.25) is 0 Å². The zero-order chi connectivity index (χ0) is 54.3. The Morgan fingerprint density at radius 2 is 0.613 bits per heavy atom. The first kappa shape index (κ1) is 71.0. The van der Waals surface area contributed by atoms with Gasteiger partial charge in [-0.05, 0) is 77.7 Å². The molecule has 9 heteroatoms. The third-order valence-corrected chi connectivity index (χ3v) is 16.1. The highest BCUT2D eigenvalue weighted by atomic mass is 16.5. The minimum Gasteiger partial charge on any atom is -0.461 e. The Kier molecular flexibility index (Phi) is 52.4. The van der Waals surface area contributed by atoms with E-state index in [1.807, 2.05) is 11.0 Å². The van der Waals surface area contributed by atoms with E-state index in [0.717, 1.165) is 71.2 Å². The van der Waals surface area contributed by atoms with Crippen LogP contribution >= 0.6 is 0 Å². The maximum atomic E-state index is 14.1. The summed E-state index contributed by atoms with van der Waals surface area (Å²) in [6.07, 6.45) is 57.3. The highest BCUT2D eigenvalue weighted by molar-refractivity contribution is 5.80. The molecule has 0 N–H and O–H groups in total. The van der Waals surface area contributed by atoms with Crippen LogP contribution in [0.1, 0.15) is 304 Å². The first-order valence-corrected chi connectivity index (χ1v) is 33.4. The molecular weight excluding hydrogens is 927 g/mol. The van der Waals surface area contributed by atoms with E-state index in [9.17, 15) is 14.4 Å². The monoisotopic (exact) mass is 1060 g/mol. The van der Waals surface area contributed by atoms with Gasteiger partial charge < -0.3 is 19.4 Å². The minimum absolute atomic E-state index is 0.113. The van der Waals surface area contributed by atoms with E-state index in [1.54, 1.807) is 0 Å². The van der Waals surface area contributed by atoms with Gasteiger partial charge in [-0.25, -0.2) is 0 Å². The number of nitrogens with zero attached hydrogens (tertiary/aromatic N) is 5. The van der Waals surface area contributed by atoms with E-state index in [-0.39, 0.29) is 17.8 Å². The Labute approximate surface area is 467 Å². The molecule has 2 amide bonds. The van der Waals surface area contributed by atoms with Gasteiger partial charge >= 0.3 is 5.97 Å². The Hall–Kier alpha value is -1.97. The van der Waals surface area contributed by atoms with Crippen LogP contribution in [0.4, 0.5) is 0 Å². The van der Waals surface area contributed by atoms with Gasteiger partial charge in [-0.3, -0.25) is 24.2 Å². The molecule has 0 aromatic carbocycles. The predicted molar refractivity (Wildman–Crippen MR) is 325 cm³/mol. The van der Waals surface area contributed by atoms with E-state index in [0.29, 0.717) is 52.3 Å². The Bertz CT molecular complexity index is 1250. The number of hydrogen-bond acceptors (Lipinski definition) is 7. The van der Waals surface area contributed by atoms with Gasteiger partial charge in [0.25, 0.3) is 0 Å². The van der Waals surface area contributed by atoms with Gasteiger partial charge in [-0.1, -0.05) is 265 Å². The Morgan fingerprint density at radius 1 is 0.333 bits per heavy atom. The molecule has 0 atom stereocenters. The number of carbonyl (C=O) groups is 3. The summed E-state index contributed by atoms with van der Waals surface area (Å²) in [7, 11) is 0. The van der Waals surface area contributed by atoms with Crippen molar-refractivity contribution in [2.75, 3.05) is 91.7 Å². The normalized spacial score (nSPS) is 13.2. The molecule has 0 spiro atoms. The topological polar surface area (TPSA) is 76.6 Å². The molecule has 0 aromatic heterocycles. The van der Waals surface area contributed by atoms with Gasteiger partial charge in [-0.2, -0.15) is 0 Å². The zero-order valence-corrected chi connectivity index (χ0v) is 51.1. The molecule has 9 nitrogen and oxygen atoms in total. The number of ether oxygens (including phenoxy) is 1. The van der Waals surface area contributed by atoms with Gasteiger partial charge in [0.05, 0.1) is 13.1 Å². The number of piperazine rings is 1. The van der Waals surface area contributed by atoms with E-state index >= 15 is 0 Å². The van der Waals surface area contributed by atoms with E-state index in [2.05, 4.69) is 60.3 Å². The van der Waals surface area contributed by atoms with Gasteiger partial charge in [0.1, 0.15) is 6.61 Å². The van der Waals surface area contributed by atoms with Gasteiger partial charge in [0.15, 0.2) is 0 Å². The predicted octanol–water partition coefficient (Wildman–Crippen LogP) is 17.1. The van der Waals surface area contributed by atoms with Crippen LogP contribution < -0.4 is 0 Å². The van der Waals surface area contributed by atoms with Crippen molar-refractivity contribution in [3.8, 4) is 0 Å². The third kappa shape index (κ3) is 45.6. The van der Waals surface area contributed by atoms with Crippen LogP contribution in [0.3, 0.4) is 0 Å². The van der Waals surface area contributed by atoms with Crippen LogP contribution in [0.25, 0.3) is 0 Å². The number of allylic oxidation sites excluding steroid dienone is 1. The van der Waals surface area contributed by atoms with Crippen molar-refractivity contribution >= 4 is 17.8 Å². The molecule has 1 rings (SSSR count). The van der Waals surface area contributed by atoms with Gasteiger partial charge in [0, 0.05) is 45.7 Å². The summed E-state index contributed by atoms with van der Waals surface area (Å²) in [6, 6.07) is 0. The van der Waals surface area contributed by atoms with Crippen molar-refractivity contribution in [1.29, 1.82) is 0 Å². The molecule has 1 saturated heterocycles. The van der Waals surface area contributed by atoms with Crippen molar-refractivity contribution in [3.63, 3.8) is 0 Å². The quantitative estimate of drug-likeness (QED) is 0.0341. The van der Waals surface area contributed by atoms with E-state index in [4.69, 9.17) is 4.74 Å². The summed E-state index contributed by atoms with van der Waals surface area (Å²) in [5, 5.41) is 0. The lowest BCUT2D eigenvalue weighted by atomic mass is 10.0. The van der Waals surface area contributed by atoms with Gasteiger partial charge in [-0.15, -0.1) is 0 Å². The molecule has 1 aliphatic rings. The molecule has 0 saturated carbocycles. The SMILES string of the molecule is CCCC/C=C\COC(=O)CCCCCN(CCCCCCCCCCCCCCCC)CC(=O)N1CCN(C(=O)CN(CCCCCCCCC)CCN(CCCCCCCCC)CCCCCCCCC)CC1. The summed E-state index contributed by atoms with van der Waals surface area (Å²) in [6.45, 7) is 22.4. The average Bonchev–Trinajstić information content (AvgIpc) is 3.41. The fourth-order valence-electron chi connectivity index (χ4n) is 10.9. The lowest BCUT2D eigenvalue weighted by molar-refractivity contribution is -0.142. The number of carbonyl (C=O) groups excluding carboxylic acids is 3. The molecule has 0 unspecified atom stereocenters. The molecule has 0 aliphatic carbocycles. The average molecular weight is 1060 g/mol. The fourth-order valence-corrected chi connectivity index (χ4v) is 10.9. The second-order valence-electron chi connectivity index (χ2n) is 23.2. The van der Waals surface area contributed by atoms with Gasteiger partial charge in [0.2, 0.25) is 11.8 Å². The van der Waals surface area contributed by atoms with Crippen LogP contribution in [0, 0.1) is 0 Å². The summed E-state index contributed by atoms with van der Waals surface area (Å²) >= 11 is 0. The summed E-state index contributed by atoms with van der Waals surface area (Å²) in [4.78, 5) is 52.1. The second kappa shape index (κ2) is 55.3. The van der Waals surface area contributed by atoms with Crippen LogP contribution in [0.15, 0.2) is 12.2 Å². The smallest absolute Gasteiger partial charge is 0.306 e. The Balaban J connectivity index is 2.79. The molecule has 1 heterocycles. The lowest BCUT2D eigenvalue weighted by Gasteiger charge is -2.37. The molecule has 0 aromatic rings. The first-order valence-electron chi connectivity index (χ1n) is 33.4. The van der Waals surface area contributed by atoms with Crippen LogP contribution in [-0.2, 0) is 19.1 Å². The molecule has 0 radical (unpaired) electrons. The molecule has 75 heavy (non-hydrogen) atoms. The zero-order valence-electron chi connectivity index (χ0n) is 51.1. The molecule has 0 bridgehead atoms. The minimum atomic E-state index is -0.113. The Morgan fingerprint density at radius 3 is 0.960 bits per heavy atom.